The van der Waals surface area contributed by atoms with E-state index in [0.29, 0.717) is 22.9 Å². The van der Waals surface area contributed by atoms with Crippen LogP contribution in [-0.4, -0.2) is 25.3 Å². The van der Waals surface area contributed by atoms with Gasteiger partial charge in [0.2, 0.25) is 0 Å². The van der Waals surface area contributed by atoms with E-state index in [4.69, 9.17) is 4.74 Å². The van der Waals surface area contributed by atoms with Gasteiger partial charge in [0.15, 0.2) is 0 Å². The second-order valence-corrected chi connectivity index (χ2v) is 5.77. The van der Waals surface area contributed by atoms with E-state index in [0.717, 1.165) is 0 Å². The first-order valence-electron chi connectivity index (χ1n) is 5.54. The van der Waals surface area contributed by atoms with Crippen LogP contribution in [0.1, 0.15) is 41.5 Å². The van der Waals surface area contributed by atoms with Gasteiger partial charge in [-0.2, -0.15) is 0 Å². The lowest BCUT2D eigenvalue weighted by Crippen LogP contribution is -2.40. The summed E-state index contributed by atoms with van der Waals surface area (Å²) >= 11 is 0. The number of ether oxygens (including phenoxy) is 1. The quantitative estimate of drug-likeness (QED) is 0.751. The minimum Gasteiger partial charge on any atom is -0.380 e. The number of rotatable bonds is 4. The molecular weight excluding hydrogens is 174 g/mol. The maximum absolute atomic E-state index is 5.31. The minimum atomic E-state index is 0.280. The normalized spacial score (nSPS) is 28.5. The van der Waals surface area contributed by atoms with Gasteiger partial charge in [-0.1, -0.05) is 27.7 Å². The van der Waals surface area contributed by atoms with Crippen molar-refractivity contribution in [1.82, 2.24) is 5.32 Å². The lowest BCUT2D eigenvalue weighted by molar-refractivity contribution is 0.0863. The van der Waals surface area contributed by atoms with Crippen molar-refractivity contribution in [2.24, 2.45) is 10.8 Å². The van der Waals surface area contributed by atoms with Gasteiger partial charge in [0.1, 0.15) is 0 Å². The van der Waals surface area contributed by atoms with Gasteiger partial charge in [0.25, 0.3) is 0 Å². The number of nitrogens with one attached hydrogen (secondary N) is 1. The summed E-state index contributed by atoms with van der Waals surface area (Å²) in [5.74, 6) is 0. The topological polar surface area (TPSA) is 21.3 Å². The van der Waals surface area contributed by atoms with E-state index in [9.17, 15) is 0 Å². The third kappa shape index (κ3) is 1.70. The molecule has 0 bridgehead atoms. The number of hydrogen-bond acceptors (Lipinski definition) is 2. The molecule has 0 spiro atoms. The molecule has 0 aromatic carbocycles. The molecule has 84 valence electrons. The van der Waals surface area contributed by atoms with Gasteiger partial charge >= 0.3 is 0 Å². The Morgan fingerprint density at radius 2 is 1.50 bits per heavy atom. The van der Waals surface area contributed by atoms with Crippen LogP contribution >= 0.6 is 0 Å². The maximum atomic E-state index is 5.31. The molecule has 0 amide bonds. The Labute approximate surface area is 88.4 Å². The summed E-state index contributed by atoms with van der Waals surface area (Å²) < 4.78 is 5.31. The summed E-state index contributed by atoms with van der Waals surface area (Å²) in [5, 5.41) is 3.66. The number of hydrogen-bond donors (Lipinski definition) is 1. The first-order chi connectivity index (χ1) is 6.25. The van der Waals surface area contributed by atoms with Crippen LogP contribution < -0.4 is 5.32 Å². The van der Waals surface area contributed by atoms with E-state index >= 15 is 0 Å². The summed E-state index contributed by atoms with van der Waals surface area (Å²) in [6.07, 6.45) is 0.280. The Bertz CT molecular complexity index is 196. The SMILES string of the molecule is COC(C)C(C)NC1C(C)(C)C1(C)C. The zero-order chi connectivity index (χ0) is 11.1. The van der Waals surface area contributed by atoms with Gasteiger partial charge in [0.05, 0.1) is 6.10 Å². The summed E-state index contributed by atoms with van der Waals surface area (Å²) in [6, 6.07) is 1.04. The molecule has 0 radical (unpaired) electrons. The van der Waals surface area contributed by atoms with Gasteiger partial charge in [-0.05, 0) is 24.7 Å². The smallest absolute Gasteiger partial charge is 0.0693 e. The lowest BCUT2D eigenvalue weighted by Gasteiger charge is -2.21. The molecule has 2 unspecified atom stereocenters. The molecule has 0 aromatic rings. The van der Waals surface area contributed by atoms with E-state index in [1.807, 2.05) is 0 Å². The average Bonchev–Trinajstić information content (AvgIpc) is 2.46. The van der Waals surface area contributed by atoms with E-state index in [1.54, 1.807) is 7.11 Å². The fourth-order valence-corrected chi connectivity index (χ4v) is 2.22. The van der Waals surface area contributed by atoms with Crippen molar-refractivity contribution in [2.45, 2.75) is 59.7 Å². The van der Waals surface area contributed by atoms with Crippen LogP contribution in [0.2, 0.25) is 0 Å². The molecule has 0 heterocycles. The zero-order valence-corrected chi connectivity index (χ0v) is 10.6. The molecule has 1 aliphatic rings. The second-order valence-electron chi connectivity index (χ2n) is 5.77. The Morgan fingerprint density at radius 3 is 1.79 bits per heavy atom. The van der Waals surface area contributed by atoms with Crippen LogP contribution in [0.5, 0.6) is 0 Å². The van der Waals surface area contributed by atoms with Crippen LogP contribution in [0.25, 0.3) is 0 Å². The van der Waals surface area contributed by atoms with Crippen LogP contribution in [0.15, 0.2) is 0 Å². The van der Waals surface area contributed by atoms with Crippen molar-refractivity contribution in [3.05, 3.63) is 0 Å². The van der Waals surface area contributed by atoms with Crippen molar-refractivity contribution >= 4 is 0 Å². The molecule has 2 nitrogen and oxygen atoms in total. The summed E-state index contributed by atoms with van der Waals surface area (Å²) in [5.41, 5.74) is 0.823. The summed E-state index contributed by atoms with van der Waals surface area (Å²) in [6.45, 7) is 13.6. The fraction of sp³-hybridized carbons (Fsp3) is 1.00. The van der Waals surface area contributed by atoms with Gasteiger partial charge in [-0.3, -0.25) is 0 Å². The zero-order valence-electron chi connectivity index (χ0n) is 10.6. The fourth-order valence-electron chi connectivity index (χ4n) is 2.22. The predicted octanol–water partition coefficient (Wildman–Crippen LogP) is 2.43. The van der Waals surface area contributed by atoms with E-state index < -0.39 is 0 Å². The Balaban J connectivity index is 2.49. The van der Waals surface area contributed by atoms with Crippen LogP contribution in [0.3, 0.4) is 0 Å². The highest BCUT2D eigenvalue weighted by atomic mass is 16.5. The van der Waals surface area contributed by atoms with Gasteiger partial charge in [0, 0.05) is 19.2 Å². The molecule has 2 atom stereocenters. The Hall–Kier alpha value is -0.0800. The monoisotopic (exact) mass is 199 g/mol. The largest absolute Gasteiger partial charge is 0.380 e. The van der Waals surface area contributed by atoms with Crippen molar-refractivity contribution in [3.8, 4) is 0 Å². The number of methoxy groups -OCH3 is 1. The highest BCUT2D eigenvalue weighted by Gasteiger charge is 2.64. The van der Waals surface area contributed by atoms with Gasteiger partial charge in [-0.15, -0.1) is 0 Å². The van der Waals surface area contributed by atoms with Crippen LogP contribution in [-0.2, 0) is 4.74 Å². The summed E-state index contributed by atoms with van der Waals surface area (Å²) in [7, 11) is 1.77. The average molecular weight is 199 g/mol. The standard InChI is InChI=1S/C12H25NO/c1-8(9(2)14-7)13-10-11(3,4)12(10,5)6/h8-10,13H,1-7H3. The summed E-state index contributed by atoms with van der Waals surface area (Å²) in [4.78, 5) is 0. The molecule has 2 heteroatoms. The second kappa shape index (κ2) is 3.49. The third-order valence-corrected chi connectivity index (χ3v) is 4.53. The predicted molar refractivity (Wildman–Crippen MR) is 60.4 cm³/mol. The van der Waals surface area contributed by atoms with Crippen molar-refractivity contribution < 1.29 is 4.74 Å². The molecule has 1 aliphatic carbocycles. The molecular formula is C12H25NO. The van der Waals surface area contributed by atoms with Gasteiger partial charge < -0.3 is 10.1 Å². The molecule has 0 saturated heterocycles. The third-order valence-electron chi connectivity index (χ3n) is 4.53. The Kier molecular flexibility index (Phi) is 2.99. The molecule has 0 aromatic heterocycles. The lowest BCUT2D eigenvalue weighted by atomic mass is 10.0. The van der Waals surface area contributed by atoms with Crippen molar-refractivity contribution in [2.75, 3.05) is 7.11 Å². The molecule has 1 fully saturated rings. The molecule has 1 saturated carbocycles. The molecule has 14 heavy (non-hydrogen) atoms. The first kappa shape index (κ1) is 12.0. The minimum absolute atomic E-state index is 0.280. The van der Waals surface area contributed by atoms with Gasteiger partial charge in [-0.25, -0.2) is 0 Å². The Morgan fingerprint density at radius 1 is 1.07 bits per heavy atom. The molecule has 1 rings (SSSR count). The molecule has 0 aliphatic heterocycles. The van der Waals surface area contributed by atoms with Crippen LogP contribution in [0.4, 0.5) is 0 Å². The van der Waals surface area contributed by atoms with E-state index in [2.05, 4.69) is 46.9 Å². The van der Waals surface area contributed by atoms with E-state index in [-0.39, 0.29) is 6.10 Å². The van der Waals surface area contributed by atoms with Crippen LogP contribution in [0, 0.1) is 10.8 Å². The first-order valence-corrected chi connectivity index (χ1v) is 5.54. The van der Waals surface area contributed by atoms with Crippen molar-refractivity contribution in [1.29, 1.82) is 0 Å². The highest BCUT2D eigenvalue weighted by Crippen LogP contribution is 2.62. The maximum Gasteiger partial charge on any atom is 0.0693 e. The highest BCUT2D eigenvalue weighted by molar-refractivity contribution is 5.18. The molecule has 1 N–H and O–H groups in total. The van der Waals surface area contributed by atoms with Crippen molar-refractivity contribution in [3.63, 3.8) is 0 Å². The van der Waals surface area contributed by atoms with E-state index in [1.165, 1.54) is 0 Å².